The molecule has 6 rings (SSSR count). The maximum atomic E-state index is 14.3. The predicted molar refractivity (Wildman–Crippen MR) is 139 cm³/mol. The average Bonchev–Trinajstić information content (AvgIpc) is 2.92. The Labute approximate surface area is 232 Å². The molecule has 40 heavy (non-hydrogen) atoms. The Balaban J connectivity index is 1.44. The monoisotopic (exact) mass is 585 g/mol. The van der Waals surface area contributed by atoms with Gasteiger partial charge in [0.25, 0.3) is 0 Å². The van der Waals surface area contributed by atoms with E-state index in [-0.39, 0.29) is 6.04 Å². The highest BCUT2D eigenvalue weighted by Gasteiger charge is 2.47. The van der Waals surface area contributed by atoms with Crippen LogP contribution >= 0.6 is 11.8 Å². The lowest BCUT2D eigenvalue weighted by molar-refractivity contribution is -0.163. The van der Waals surface area contributed by atoms with Crippen LogP contribution in [0.15, 0.2) is 58.5 Å². The highest BCUT2D eigenvalue weighted by atomic mass is 32.2. The van der Waals surface area contributed by atoms with Crippen molar-refractivity contribution in [3.05, 3.63) is 65.4 Å². The molecule has 216 valence electrons. The number of morpholine rings is 1. The number of benzene rings is 2. The van der Waals surface area contributed by atoms with Crippen LogP contribution in [0.1, 0.15) is 34.3 Å². The molecule has 1 unspecified atom stereocenters. The molecule has 4 heterocycles. The molecular formula is C28H29F6N3O2S. The van der Waals surface area contributed by atoms with Crippen LogP contribution in [-0.2, 0) is 17.1 Å². The first-order chi connectivity index (χ1) is 19.0. The fourth-order valence-electron chi connectivity index (χ4n) is 5.56. The number of alkyl halides is 6. The molecule has 1 N–H and O–H groups in total. The predicted octanol–water partition coefficient (Wildman–Crippen LogP) is 6.41. The van der Waals surface area contributed by atoms with Crippen LogP contribution in [0, 0.1) is 5.92 Å². The lowest BCUT2D eigenvalue weighted by atomic mass is 9.84. The summed E-state index contributed by atoms with van der Waals surface area (Å²) in [7, 11) is 0. The molecule has 2 aromatic rings. The number of ether oxygens (including phenoxy) is 1. The van der Waals surface area contributed by atoms with Crippen molar-refractivity contribution in [3.63, 3.8) is 0 Å². The first-order valence-corrected chi connectivity index (χ1v) is 13.9. The standard InChI is InChI=1S/C28H29F6N3O2S/c29-27(30,31)25-21(23(38)8-11-36-12-14-39-15-13-36)4-5-24(26(25)28(32,33)34)40-20-3-1-2-19(16-20)35-22-17-37-9-6-18(22)7-10-37/h1-5,8,11,16,18,22,35H,6-7,9-10,12-15,17H2. The highest BCUT2D eigenvalue weighted by Crippen LogP contribution is 2.48. The quantitative estimate of drug-likeness (QED) is 0.230. The zero-order valence-electron chi connectivity index (χ0n) is 21.5. The summed E-state index contributed by atoms with van der Waals surface area (Å²) in [5, 5.41) is 3.46. The Kier molecular flexibility index (Phi) is 8.40. The number of rotatable bonds is 7. The maximum absolute atomic E-state index is 14.3. The van der Waals surface area contributed by atoms with Crippen LogP contribution in [0.4, 0.5) is 32.0 Å². The summed E-state index contributed by atoms with van der Waals surface area (Å²) < 4.78 is 90.5. The average molecular weight is 586 g/mol. The molecule has 2 bridgehead atoms. The molecule has 1 atom stereocenters. The summed E-state index contributed by atoms with van der Waals surface area (Å²) in [4.78, 5) is 16.5. The third-order valence-corrected chi connectivity index (χ3v) is 8.60. The number of piperidine rings is 3. The number of hydrogen-bond donors (Lipinski definition) is 1. The van der Waals surface area contributed by atoms with Crippen molar-refractivity contribution in [2.75, 3.05) is 51.3 Å². The molecule has 0 spiro atoms. The second kappa shape index (κ2) is 11.7. The van der Waals surface area contributed by atoms with Crippen molar-refractivity contribution < 1.29 is 35.9 Å². The normalized spacial score (nSPS) is 23.6. The number of nitrogens with zero attached hydrogens (tertiary/aromatic N) is 2. The minimum absolute atomic E-state index is 0.209. The van der Waals surface area contributed by atoms with Gasteiger partial charge in [-0.3, -0.25) is 4.79 Å². The van der Waals surface area contributed by atoms with E-state index in [1.54, 1.807) is 29.2 Å². The van der Waals surface area contributed by atoms with Gasteiger partial charge >= 0.3 is 12.4 Å². The van der Waals surface area contributed by atoms with Gasteiger partial charge in [0, 0.05) is 59.0 Å². The van der Waals surface area contributed by atoms with Gasteiger partial charge in [-0.1, -0.05) is 17.8 Å². The van der Waals surface area contributed by atoms with Gasteiger partial charge in [-0.15, -0.1) is 0 Å². The summed E-state index contributed by atoms with van der Waals surface area (Å²) in [6.07, 6.45) is -6.41. The van der Waals surface area contributed by atoms with Crippen LogP contribution in [0.25, 0.3) is 0 Å². The van der Waals surface area contributed by atoms with Crippen LogP contribution < -0.4 is 5.32 Å². The molecule has 5 nitrogen and oxygen atoms in total. The molecule has 0 amide bonds. The van der Waals surface area contributed by atoms with E-state index in [9.17, 15) is 31.1 Å². The van der Waals surface area contributed by atoms with Crippen LogP contribution in [0.3, 0.4) is 0 Å². The van der Waals surface area contributed by atoms with Crippen LogP contribution in [-0.4, -0.2) is 67.6 Å². The van der Waals surface area contributed by atoms with E-state index in [0.29, 0.717) is 54.6 Å². The van der Waals surface area contributed by atoms with Gasteiger partial charge in [0.15, 0.2) is 5.78 Å². The topological polar surface area (TPSA) is 44.8 Å². The van der Waals surface area contributed by atoms with Gasteiger partial charge in [0.05, 0.1) is 24.3 Å². The second-order valence-corrected chi connectivity index (χ2v) is 11.3. The second-order valence-electron chi connectivity index (χ2n) is 10.2. The van der Waals surface area contributed by atoms with Crippen LogP contribution in [0.2, 0.25) is 0 Å². The van der Waals surface area contributed by atoms with Crippen molar-refractivity contribution in [1.82, 2.24) is 9.80 Å². The number of allylic oxidation sites excluding steroid dienone is 1. The summed E-state index contributed by atoms with van der Waals surface area (Å²) in [5.41, 5.74) is -4.16. The minimum Gasteiger partial charge on any atom is -0.381 e. The fourth-order valence-corrected chi connectivity index (χ4v) is 6.60. The largest absolute Gasteiger partial charge is 0.418 e. The molecule has 4 fully saturated rings. The summed E-state index contributed by atoms with van der Waals surface area (Å²) in [5.74, 6) is -0.639. The number of nitrogens with one attached hydrogen (secondary N) is 1. The van der Waals surface area contributed by atoms with Crippen molar-refractivity contribution >= 4 is 23.2 Å². The molecule has 0 aromatic heterocycles. The number of fused-ring (bicyclic) bond motifs is 3. The number of ketones is 1. The Hall–Kier alpha value is -2.70. The van der Waals surface area contributed by atoms with Crippen molar-refractivity contribution in [2.24, 2.45) is 5.92 Å². The highest BCUT2D eigenvalue weighted by molar-refractivity contribution is 7.99. The molecule has 2 aromatic carbocycles. The smallest absolute Gasteiger partial charge is 0.381 e. The van der Waals surface area contributed by atoms with E-state index in [2.05, 4.69) is 10.2 Å². The Morgan fingerprint density at radius 1 is 0.950 bits per heavy atom. The maximum Gasteiger partial charge on any atom is 0.418 e. The molecule has 0 radical (unpaired) electrons. The summed E-state index contributed by atoms with van der Waals surface area (Å²) in [6, 6.07) is 8.67. The van der Waals surface area contributed by atoms with Gasteiger partial charge in [-0.05, 0) is 62.2 Å². The first-order valence-electron chi connectivity index (χ1n) is 13.1. The Morgan fingerprint density at radius 3 is 2.27 bits per heavy atom. The zero-order chi connectivity index (χ0) is 28.5. The minimum atomic E-state index is -5.40. The molecule has 4 aliphatic rings. The van der Waals surface area contributed by atoms with E-state index >= 15 is 0 Å². The number of anilines is 1. The van der Waals surface area contributed by atoms with E-state index in [0.717, 1.165) is 50.7 Å². The molecule has 4 saturated heterocycles. The SMILES string of the molecule is O=C(C=CN1CCOCC1)c1ccc(Sc2cccc(NC3CN4CCC3CC4)c2)c(C(F)(F)F)c1C(F)(F)F. The van der Waals surface area contributed by atoms with Crippen molar-refractivity contribution in [3.8, 4) is 0 Å². The summed E-state index contributed by atoms with van der Waals surface area (Å²) in [6.45, 7) is 4.61. The first kappa shape index (κ1) is 28.8. The Bertz CT molecular complexity index is 1250. The molecular weight excluding hydrogens is 556 g/mol. The van der Waals surface area contributed by atoms with Crippen molar-refractivity contribution in [1.29, 1.82) is 0 Å². The fraction of sp³-hybridized carbons (Fsp3) is 0.464. The van der Waals surface area contributed by atoms with E-state index < -0.39 is 39.7 Å². The van der Waals surface area contributed by atoms with E-state index in [1.165, 1.54) is 6.20 Å². The van der Waals surface area contributed by atoms with Crippen molar-refractivity contribution in [2.45, 2.75) is 41.0 Å². The molecule has 0 saturated carbocycles. The van der Waals surface area contributed by atoms with E-state index in [4.69, 9.17) is 4.74 Å². The van der Waals surface area contributed by atoms with Gasteiger partial charge < -0.3 is 19.9 Å². The summed E-state index contributed by atoms with van der Waals surface area (Å²) >= 11 is 0.598. The van der Waals surface area contributed by atoms with E-state index in [1.807, 2.05) is 0 Å². The van der Waals surface area contributed by atoms with Gasteiger partial charge in [-0.25, -0.2) is 0 Å². The molecule has 4 aliphatic heterocycles. The third-order valence-electron chi connectivity index (χ3n) is 7.55. The lowest BCUT2D eigenvalue weighted by Gasteiger charge is -2.45. The lowest BCUT2D eigenvalue weighted by Crippen LogP contribution is -2.53. The Morgan fingerprint density at radius 2 is 1.65 bits per heavy atom. The zero-order valence-corrected chi connectivity index (χ0v) is 22.3. The van der Waals surface area contributed by atoms with Gasteiger partial charge in [0.2, 0.25) is 0 Å². The number of carbonyl (C=O) groups is 1. The van der Waals surface area contributed by atoms with Crippen LogP contribution in [0.5, 0.6) is 0 Å². The number of halogens is 6. The van der Waals surface area contributed by atoms with Gasteiger partial charge in [0.1, 0.15) is 0 Å². The molecule has 12 heteroatoms. The number of hydrogen-bond acceptors (Lipinski definition) is 6. The third kappa shape index (κ3) is 6.60. The molecule has 0 aliphatic carbocycles. The number of carbonyl (C=O) groups excluding carboxylic acids is 1. The van der Waals surface area contributed by atoms with Gasteiger partial charge in [-0.2, -0.15) is 26.3 Å².